The van der Waals surface area contributed by atoms with Crippen molar-refractivity contribution in [1.29, 1.82) is 0 Å². The average Bonchev–Trinajstić information content (AvgIpc) is 2.86. The summed E-state index contributed by atoms with van der Waals surface area (Å²) in [5.74, 6) is -0.134. The fourth-order valence-electron chi connectivity index (χ4n) is 2.32. The lowest BCUT2D eigenvalue weighted by Gasteiger charge is -2.29. The van der Waals surface area contributed by atoms with Crippen LogP contribution in [0.15, 0.2) is 16.9 Å². The fourth-order valence-corrected chi connectivity index (χ4v) is 2.32. The van der Waals surface area contributed by atoms with E-state index < -0.39 is 0 Å². The van der Waals surface area contributed by atoms with Crippen LogP contribution in [0.1, 0.15) is 43.1 Å². The molecule has 0 aromatic carbocycles. The Morgan fingerprint density at radius 2 is 2.12 bits per heavy atom. The first-order valence-corrected chi connectivity index (χ1v) is 6.24. The molecule has 0 bridgehead atoms. The van der Waals surface area contributed by atoms with E-state index in [1.807, 2.05) is 0 Å². The van der Waals surface area contributed by atoms with Gasteiger partial charge in [0.05, 0.1) is 0 Å². The quantitative estimate of drug-likeness (QED) is 0.829. The van der Waals surface area contributed by atoms with E-state index in [9.17, 15) is 4.79 Å². The Bertz CT molecular complexity index is 343. The van der Waals surface area contributed by atoms with Gasteiger partial charge in [0.2, 0.25) is 0 Å². The number of hydrogen-bond donors (Lipinski definition) is 2. The van der Waals surface area contributed by atoms with Crippen molar-refractivity contribution in [3.8, 4) is 0 Å². The third-order valence-corrected chi connectivity index (χ3v) is 3.23. The van der Waals surface area contributed by atoms with Crippen LogP contribution in [-0.2, 0) is 0 Å². The van der Waals surface area contributed by atoms with Gasteiger partial charge >= 0.3 is 0 Å². The summed E-state index contributed by atoms with van der Waals surface area (Å²) in [7, 11) is 0. The van der Waals surface area contributed by atoms with Crippen LogP contribution in [0.4, 0.5) is 0 Å². The van der Waals surface area contributed by atoms with E-state index in [0.29, 0.717) is 11.7 Å². The Balaban J connectivity index is 1.76. The summed E-state index contributed by atoms with van der Waals surface area (Å²) in [5.41, 5.74) is 0.360. The topological polar surface area (TPSA) is 67.2 Å². The van der Waals surface area contributed by atoms with Crippen molar-refractivity contribution >= 4 is 5.91 Å². The maximum absolute atomic E-state index is 11.7. The third-order valence-electron chi connectivity index (χ3n) is 3.23. The molecular weight excluding hydrogens is 218 g/mol. The smallest absolute Gasteiger partial charge is 0.273 e. The first-order valence-electron chi connectivity index (χ1n) is 6.24. The van der Waals surface area contributed by atoms with Crippen molar-refractivity contribution in [3.63, 3.8) is 0 Å². The van der Waals surface area contributed by atoms with Crippen LogP contribution in [-0.4, -0.2) is 29.7 Å². The number of nitrogens with one attached hydrogen (secondary N) is 2. The molecule has 2 N–H and O–H groups in total. The van der Waals surface area contributed by atoms with Gasteiger partial charge in [-0.05, 0) is 32.2 Å². The summed E-state index contributed by atoms with van der Waals surface area (Å²) in [5, 5.41) is 10.1. The zero-order valence-corrected chi connectivity index (χ0v) is 10.1. The number of carbonyl (C=O) groups excluding carboxylic acids is 1. The Morgan fingerprint density at radius 1 is 1.41 bits per heavy atom. The highest BCUT2D eigenvalue weighted by molar-refractivity contribution is 5.92. The molecule has 0 saturated heterocycles. The summed E-state index contributed by atoms with van der Waals surface area (Å²) < 4.78 is 4.65. The van der Waals surface area contributed by atoms with Crippen molar-refractivity contribution in [2.24, 2.45) is 0 Å². The SMILES string of the molecule is CCNC1CCC(NC(=O)c2ccon2)CC1. The molecule has 1 fully saturated rings. The van der Waals surface area contributed by atoms with E-state index in [0.717, 1.165) is 32.2 Å². The van der Waals surface area contributed by atoms with Gasteiger partial charge in [0.25, 0.3) is 5.91 Å². The van der Waals surface area contributed by atoms with Gasteiger partial charge in [0.15, 0.2) is 5.69 Å². The van der Waals surface area contributed by atoms with E-state index in [-0.39, 0.29) is 11.9 Å². The van der Waals surface area contributed by atoms with Crippen molar-refractivity contribution in [3.05, 3.63) is 18.0 Å². The Morgan fingerprint density at radius 3 is 2.71 bits per heavy atom. The number of rotatable bonds is 4. The largest absolute Gasteiger partial charge is 0.364 e. The molecule has 1 heterocycles. The van der Waals surface area contributed by atoms with E-state index >= 15 is 0 Å². The molecule has 0 radical (unpaired) electrons. The first kappa shape index (κ1) is 12.1. The minimum Gasteiger partial charge on any atom is -0.364 e. The highest BCUT2D eigenvalue weighted by Crippen LogP contribution is 2.18. The van der Waals surface area contributed by atoms with Gasteiger partial charge in [-0.15, -0.1) is 0 Å². The van der Waals surface area contributed by atoms with Gasteiger partial charge in [0, 0.05) is 18.2 Å². The van der Waals surface area contributed by atoms with Crippen molar-refractivity contribution < 1.29 is 9.32 Å². The zero-order chi connectivity index (χ0) is 12.1. The molecule has 0 atom stereocenters. The highest BCUT2D eigenvalue weighted by Gasteiger charge is 2.22. The molecule has 0 unspecified atom stereocenters. The summed E-state index contributed by atoms with van der Waals surface area (Å²) in [6.07, 6.45) is 5.72. The molecule has 0 spiro atoms. The molecule has 1 aliphatic carbocycles. The minimum atomic E-state index is -0.134. The molecule has 1 aliphatic rings. The normalized spacial score (nSPS) is 24.5. The standard InChI is InChI=1S/C12H19N3O2/c1-2-13-9-3-5-10(6-4-9)14-12(16)11-7-8-17-15-11/h7-10,13H,2-6H2,1H3,(H,14,16). The second-order valence-corrected chi connectivity index (χ2v) is 4.46. The Labute approximate surface area is 101 Å². The first-order chi connectivity index (χ1) is 8.29. The van der Waals surface area contributed by atoms with Crippen molar-refractivity contribution in [1.82, 2.24) is 15.8 Å². The summed E-state index contributed by atoms with van der Waals surface area (Å²) in [4.78, 5) is 11.7. The molecule has 0 aliphatic heterocycles. The predicted molar refractivity (Wildman–Crippen MR) is 63.7 cm³/mol. The van der Waals surface area contributed by atoms with E-state index in [4.69, 9.17) is 0 Å². The summed E-state index contributed by atoms with van der Waals surface area (Å²) in [6.45, 7) is 3.14. The predicted octanol–water partition coefficient (Wildman–Crippen LogP) is 1.33. The van der Waals surface area contributed by atoms with Gasteiger partial charge < -0.3 is 15.2 Å². The van der Waals surface area contributed by atoms with Crippen molar-refractivity contribution in [2.75, 3.05) is 6.54 Å². The minimum absolute atomic E-state index is 0.134. The van der Waals surface area contributed by atoms with Crippen LogP contribution in [0.3, 0.4) is 0 Å². The molecule has 17 heavy (non-hydrogen) atoms. The zero-order valence-electron chi connectivity index (χ0n) is 10.1. The second kappa shape index (κ2) is 5.82. The number of hydrogen-bond acceptors (Lipinski definition) is 4. The molecule has 1 aromatic heterocycles. The fraction of sp³-hybridized carbons (Fsp3) is 0.667. The molecule has 94 valence electrons. The second-order valence-electron chi connectivity index (χ2n) is 4.46. The molecule has 5 heteroatoms. The number of nitrogens with zero attached hydrogens (tertiary/aromatic N) is 1. The highest BCUT2D eigenvalue weighted by atomic mass is 16.5. The number of aromatic nitrogens is 1. The Kier molecular flexibility index (Phi) is 4.14. The monoisotopic (exact) mass is 237 g/mol. The van der Waals surface area contributed by atoms with Gasteiger partial charge in [0.1, 0.15) is 6.26 Å². The molecular formula is C12H19N3O2. The number of carbonyl (C=O) groups is 1. The van der Waals surface area contributed by atoms with Crippen LogP contribution < -0.4 is 10.6 Å². The van der Waals surface area contributed by atoms with Crippen LogP contribution in [0, 0.1) is 0 Å². The maximum Gasteiger partial charge on any atom is 0.273 e. The third kappa shape index (κ3) is 3.30. The average molecular weight is 237 g/mol. The van der Waals surface area contributed by atoms with Crippen LogP contribution in [0.25, 0.3) is 0 Å². The van der Waals surface area contributed by atoms with Crippen LogP contribution in [0.2, 0.25) is 0 Å². The molecule has 2 rings (SSSR count). The lowest BCUT2D eigenvalue weighted by molar-refractivity contribution is 0.0915. The van der Waals surface area contributed by atoms with Crippen LogP contribution in [0.5, 0.6) is 0 Å². The summed E-state index contributed by atoms with van der Waals surface area (Å²) in [6, 6.07) is 2.47. The molecule has 5 nitrogen and oxygen atoms in total. The molecule has 1 saturated carbocycles. The maximum atomic E-state index is 11.7. The lowest BCUT2D eigenvalue weighted by atomic mass is 9.91. The van der Waals surface area contributed by atoms with Crippen molar-refractivity contribution in [2.45, 2.75) is 44.7 Å². The van der Waals surface area contributed by atoms with Gasteiger partial charge in [-0.25, -0.2) is 0 Å². The number of amides is 1. The van der Waals surface area contributed by atoms with E-state index in [1.54, 1.807) is 6.07 Å². The van der Waals surface area contributed by atoms with E-state index in [2.05, 4.69) is 27.2 Å². The lowest BCUT2D eigenvalue weighted by Crippen LogP contribution is -2.42. The van der Waals surface area contributed by atoms with Gasteiger partial charge in [-0.2, -0.15) is 0 Å². The summed E-state index contributed by atoms with van der Waals surface area (Å²) >= 11 is 0. The molecule has 1 amide bonds. The molecule has 1 aromatic rings. The van der Waals surface area contributed by atoms with Gasteiger partial charge in [-0.3, -0.25) is 4.79 Å². The van der Waals surface area contributed by atoms with Gasteiger partial charge in [-0.1, -0.05) is 12.1 Å². The van der Waals surface area contributed by atoms with Crippen LogP contribution >= 0.6 is 0 Å². The van der Waals surface area contributed by atoms with E-state index in [1.165, 1.54) is 6.26 Å². The Hall–Kier alpha value is -1.36.